The van der Waals surface area contributed by atoms with Gasteiger partial charge >= 0.3 is 13.3 Å². The van der Waals surface area contributed by atoms with E-state index in [0.29, 0.717) is 0 Å². The molecule has 0 atom stereocenters. The largest absolute Gasteiger partial charge is 0.497 e. The predicted molar refractivity (Wildman–Crippen MR) is 69.7 cm³/mol. The Morgan fingerprint density at radius 1 is 1.10 bits per heavy atom. The summed E-state index contributed by atoms with van der Waals surface area (Å²) < 4.78 is 50.8. The van der Waals surface area contributed by atoms with Crippen molar-refractivity contribution in [1.82, 2.24) is 4.98 Å². The quantitative estimate of drug-likeness (QED) is 0.744. The molecule has 0 spiro atoms. The van der Waals surface area contributed by atoms with Crippen molar-refractivity contribution in [3.63, 3.8) is 0 Å². The summed E-state index contributed by atoms with van der Waals surface area (Å²) in [5, 5.41) is 0. The van der Waals surface area contributed by atoms with Crippen LogP contribution < -0.4 is 5.46 Å². The summed E-state index contributed by atoms with van der Waals surface area (Å²) in [5.41, 5.74) is -1.92. The fraction of sp³-hybridized carbons (Fsp3) is 0.615. The van der Waals surface area contributed by atoms with Gasteiger partial charge in [-0.3, -0.25) is 4.98 Å². The lowest BCUT2D eigenvalue weighted by molar-refractivity contribution is -0.137. The summed E-state index contributed by atoms with van der Waals surface area (Å²) in [4.78, 5) is 3.93. The van der Waals surface area contributed by atoms with Crippen LogP contribution in [0.1, 0.15) is 39.0 Å². The van der Waals surface area contributed by atoms with E-state index in [4.69, 9.17) is 9.31 Å². The van der Waals surface area contributed by atoms with Crippen LogP contribution in [0.5, 0.6) is 0 Å². The summed E-state index contributed by atoms with van der Waals surface area (Å²) >= 11 is 0. The van der Waals surface area contributed by atoms with Gasteiger partial charge in [0.1, 0.15) is 0 Å². The highest BCUT2D eigenvalue weighted by Gasteiger charge is 2.54. The van der Waals surface area contributed by atoms with Crippen molar-refractivity contribution in [1.29, 1.82) is 0 Å². The Balaban J connectivity index is 2.50. The zero-order valence-corrected chi connectivity index (χ0v) is 12.1. The lowest BCUT2D eigenvalue weighted by Gasteiger charge is -2.32. The Morgan fingerprint density at radius 3 is 2.05 bits per heavy atom. The van der Waals surface area contributed by atoms with Gasteiger partial charge < -0.3 is 9.31 Å². The van der Waals surface area contributed by atoms with Crippen molar-refractivity contribution in [3.8, 4) is 0 Å². The smallest absolute Gasteiger partial charge is 0.399 e. The number of aromatic nitrogens is 1. The predicted octanol–water partition coefficient (Wildman–Crippen LogP) is 2.71. The first-order valence-electron chi connectivity index (χ1n) is 6.34. The molecule has 1 saturated heterocycles. The molecule has 0 unspecified atom stereocenters. The van der Waals surface area contributed by atoms with Gasteiger partial charge in [-0.05, 0) is 40.7 Å². The maximum absolute atomic E-state index is 13.1. The molecule has 110 valence electrons. The number of pyridine rings is 1. The van der Waals surface area contributed by atoms with Gasteiger partial charge in [-0.15, -0.1) is 0 Å². The summed E-state index contributed by atoms with van der Waals surface area (Å²) in [6.07, 6.45) is -3.32. The third-order valence-electron chi connectivity index (χ3n) is 3.98. The van der Waals surface area contributed by atoms with E-state index >= 15 is 0 Å². The van der Waals surface area contributed by atoms with Crippen molar-refractivity contribution in [2.75, 3.05) is 0 Å². The number of rotatable bonds is 1. The van der Waals surface area contributed by atoms with Gasteiger partial charge in [0, 0.05) is 17.4 Å². The molecule has 1 aliphatic rings. The second-order valence-electron chi connectivity index (χ2n) is 5.94. The van der Waals surface area contributed by atoms with E-state index in [0.717, 1.165) is 12.3 Å². The van der Waals surface area contributed by atoms with E-state index in [1.165, 1.54) is 6.92 Å². The van der Waals surface area contributed by atoms with Crippen LogP contribution in [-0.2, 0) is 15.5 Å². The Kier molecular flexibility index (Phi) is 3.42. The van der Waals surface area contributed by atoms with Crippen molar-refractivity contribution in [2.45, 2.75) is 52.0 Å². The molecule has 20 heavy (non-hydrogen) atoms. The van der Waals surface area contributed by atoms with E-state index in [2.05, 4.69) is 4.98 Å². The lowest BCUT2D eigenvalue weighted by Crippen LogP contribution is -2.41. The second kappa shape index (κ2) is 4.46. The first-order valence-corrected chi connectivity index (χ1v) is 6.34. The molecule has 2 heterocycles. The average molecular weight is 287 g/mol. The molecule has 3 nitrogen and oxygen atoms in total. The second-order valence-corrected chi connectivity index (χ2v) is 5.94. The average Bonchev–Trinajstić information content (AvgIpc) is 2.46. The zero-order valence-electron chi connectivity index (χ0n) is 12.1. The van der Waals surface area contributed by atoms with Gasteiger partial charge in [0.05, 0.1) is 16.8 Å². The fourth-order valence-corrected chi connectivity index (χ4v) is 2.08. The van der Waals surface area contributed by atoms with Gasteiger partial charge in [-0.1, -0.05) is 0 Å². The van der Waals surface area contributed by atoms with Crippen molar-refractivity contribution in [2.24, 2.45) is 0 Å². The number of hydrogen-bond acceptors (Lipinski definition) is 3. The third kappa shape index (κ3) is 2.44. The molecular weight excluding hydrogens is 270 g/mol. The molecule has 0 aliphatic carbocycles. The minimum atomic E-state index is -4.47. The number of halogens is 3. The summed E-state index contributed by atoms with van der Waals surface area (Å²) in [6.45, 7) is 8.71. The topological polar surface area (TPSA) is 31.4 Å². The standard InChI is InChI=1S/C13H17BF3NO2/c1-8-10(9(6-7-18-8)13(15,16)17)14-19-11(2,3)12(4,5)20-14/h6-7H,1-5H3. The molecule has 0 N–H and O–H groups in total. The van der Waals surface area contributed by atoms with Crippen LogP contribution in [0.15, 0.2) is 12.3 Å². The highest BCUT2D eigenvalue weighted by atomic mass is 19.4. The maximum atomic E-state index is 13.1. The van der Waals surface area contributed by atoms with Gasteiger partial charge in [0.15, 0.2) is 0 Å². The molecule has 1 aromatic rings. The highest BCUT2D eigenvalue weighted by molar-refractivity contribution is 6.63. The van der Waals surface area contributed by atoms with Gasteiger partial charge in [-0.25, -0.2) is 0 Å². The van der Waals surface area contributed by atoms with E-state index < -0.39 is 30.1 Å². The van der Waals surface area contributed by atoms with Crippen LogP contribution >= 0.6 is 0 Å². The van der Waals surface area contributed by atoms with Crippen LogP contribution in [-0.4, -0.2) is 23.3 Å². The van der Waals surface area contributed by atoms with Gasteiger partial charge in [0.2, 0.25) is 0 Å². The molecule has 1 aromatic heterocycles. The number of alkyl halides is 3. The Morgan fingerprint density at radius 2 is 1.60 bits per heavy atom. The Labute approximate surface area is 116 Å². The van der Waals surface area contributed by atoms with Crippen LogP contribution in [0.2, 0.25) is 0 Å². The van der Waals surface area contributed by atoms with Crippen LogP contribution in [0.4, 0.5) is 13.2 Å². The highest BCUT2D eigenvalue weighted by Crippen LogP contribution is 2.38. The molecule has 0 bridgehead atoms. The first-order chi connectivity index (χ1) is 8.96. The molecule has 1 aliphatic heterocycles. The summed E-state index contributed by atoms with van der Waals surface area (Å²) in [6, 6.07) is 0.952. The monoisotopic (exact) mass is 287 g/mol. The van der Waals surface area contributed by atoms with Crippen molar-refractivity contribution >= 4 is 12.6 Å². The fourth-order valence-electron chi connectivity index (χ4n) is 2.08. The van der Waals surface area contributed by atoms with Crippen LogP contribution in [0.25, 0.3) is 0 Å². The molecule has 0 saturated carbocycles. The molecule has 0 radical (unpaired) electrons. The Hall–Kier alpha value is -1.08. The van der Waals surface area contributed by atoms with E-state index in [1.807, 2.05) is 0 Å². The zero-order chi connectivity index (χ0) is 15.3. The van der Waals surface area contributed by atoms with Crippen molar-refractivity contribution < 1.29 is 22.5 Å². The minimum Gasteiger partial charge on any atom is -0.399 e. The van der Waals surface area contributed by atoms with Crippen molar-refractivity contribution in [3.05, 3.63) is 23.5 Å². The summed E-state index contributed by atoms with van der Waals surface area (Å²) in [5.74, 6) is 0. The molecular formula is C13H17BF3NO2. The van der Waals surface area contributed by atoms with Gasteiger partial charge in [-0.2, -0.15) is 13.2 Å². The molecule has 1 fully saturated rings. The summed E-state index contributed by atoms with van der Waals surface area (Å²) in [7, 11) is -1.06. The van der Waals surface area contributed by atoms with E-state index in [9.17, 15) is 13.2 Å². The number of nitrogens with zero attached hydrogens (tertiary/aromatic N) is 1. The van der Waals surface area contributed by atoms with E-state index in [1.54, 1.807) is 27.7 Å². The first kappa shape index (κ1) is 15.3. The van der Waals surface area contributed by atoms with Crippen LogP contribution in [0, 0.1) is 6.92 Å². The molecule has 2 rings (SSSR count). The van der Waals surface area contributed by atoms with Gasteiger partial charge in [0.25, 0.3) is 0 Å². The molecule has 7 heteroatoms. The van der Waals surface area contributed by atoms with E-state index in [-0.39, 0.29) is 11.2 Å². The third-order valence-corrected chi connectivity index (χ3v) is 3.98. The molecule has 0 aromatic carbocycles. The normalized spacial score (nSPS) is 21.3. The Bertz CT molecular complexity index is 513. The number of hydrogen-bond donors (Lipinski definition) is 0. The number of aryl methyl sites for hydroxylation is 1. The SMILES string of the molecule is Cc1nccc(C(F)(F)F)c1B1OC(C)(C)C(C)(C)O1. The maximum Gasteiger partial charge on any atom is 0.497 e. The lowest BCUT2D eigenvalue weighted by atomic mass is 9.74. The molecule has 0 amide bonds. The van der Waals surface area contributed by atoms with Crippen LogP contribution in [0.3, 0.4) is 0 Å². The minimum absolute atomic E-state index is 0.0429.